The summed E-state index contributed by atoms with van der Waals surface area (Å²) in [6.07, 6.45) is 9.77. The summed E-state index contributed by atoms with van der Waals surface area (Å²) in [4.78, 5) is 13.6. The summed E-state index contributed by atoms with van der Waals surface area (Å²) in [6.45, 7) is 2.03. The van der Waals surface area contributed by atoms with Crippen LogP contribution >= 0.6 is 0 Å². The fourth-order valence-corrected chi connectivity index (χ4v) is 4.19. The Morgan fingerprint density at radius 2 is 1.87 bits per heavy atom. The fraction of sp³-hybridized carbons (Fsp3) is 0.435. The van der Waals surface area contributed by atoms with Crippen molar-refractivity contribution in [2.24, 2.45) is 0 Å². The summed E-state index contributed by atoms with van der Waals surface area (Å²) < 4.78 is 1.84. The van der Waals surface area contributed by atoms with Gasteiger partial charge in [-0.15, -0.1) is 0 Å². The van der Waals surface area contributed by atoms with Gasteiger partial charge in [-0.25, -0.2) is 15.0 Å². The molecule has 2 saturated carbocycles. The molecule has 2 fully saturated rings. The van der Waals surface area contributed by atoms with Gasteiger partial charge in [-0.2, -0.15) is 0 Å². The van der Waals surface area contributed by atoms with Crippen LogP contribution < -0.4 is 5.32 Å². The number of nitrogens with one attached hydrogen (secondary N) is 1. The number of rotatable bonds is 5. The Bertz CT molecular complexity index is 1050. The van der Waals surface area contributed by atoms with Crippen molar-refractivity contribution in [3.8, 4) is 5.82 Å². The van der Waals surface area contributed by atoms with Crippen LogP contribution in [0.1, 0.15) is 61.3 Å². The van der Waals surface area contributed by atoms with E-state index in [4.69, 9.17) is 4.98 Å². The lowest BCUT2D eigenvalue weighted by molar-refractivity contribution is -0.0389. The number of aliphatic hydroxyl groups excluding tert-OH is 1. The molecule has 156 valence electrons. The average molecular weight is 406 g/mol. The predicted octanol–water partition coefficient (Wildman–Crippen LogP) is 3.71. The average Bonchev–Trinajstić information content (AvgIpc) is 3.46. The molecule has 0 spiro atoms. The highest BCUT2D eigenvalue weighted by Gasteiger charge is 2.36. The van der Waals surface area contributed by atoms with Crippen molar-refractivity contribution in [3.63, 3.8) is 0 Å². The maximum atomic E-state index is 11.0. The standard InChI is InChI=1S/C23H27N5O2/c1-15-10-21(26-20-12-17(6-9-24-20)16-2-3-16)27-22(11-15)28-13-19(25-14-28)23(30)7-4-18(29)5-8-23/h6,9-14,16,18,29-30H,2-5,7-8H2,1H3,(H,24,26,27). The molecule has 0 radical (unpaired) electrons. The Morgan fingerprint density at radius 3 is 2.63 bits per heavy atom. The Morgan fingerprint density at radius 1 is 1.07 bits per heavy atom. The number of anilines is 2. The molecule has 30 heavy (non-hydrogen) atoms. The highest BCUT2D eigenvalue weighted by molar-refractivity contribution is 5.55. The summed E-state index contributed by atoms with van der Waals surface area (Å²) in [6, 6.07) is 8.16. The minimum absolute atomic E-state index is 0.327. The molecule has 0 aliphatic heterocycles. The van der Waals surface area contributed by atoms with Gasteiger partial charge in [0.2, 0.25) is 0 Å². The van der Waals surface area contributed by atoms with Gasteiger partial charge in [-0.3, -0.25) is 4.57 Å². The van der Waals surface area contributed by atoms with E-state index in [0.717, 1.165) is 23.0 Å². The second-order valence-electron chi connectivity index (χ2n) is 8.69. The first-order valence-corrected chi connectivity index (χ1v) is 10.7. The number of imidazole rings is 1. The third-order valence-corrected chi connectivity index (χ3v) is 6.15. The molecule has 0 bridgehead atoms. The van der Waals surface area contributed by atoms with E-state index in [0.29, 0.717) is 37.3 Å². The molecule has 3 aromatic rings. The predicted molar refractivity (Wildman–Crippen MR) is 114 cm³/mol. The molecule has 5 rings (SSSR count). The van der Waals surface area contributed by atoms with Gasteiger partial charge in [0.1, 0.15) is 29.4 Å². The lowest BCUT2D eigenvalue weighted by atomic mass is 9.81. The first-order valence-electron chi connectivity index (χ1n) is 10.7. The minimum Gasteiger partial charge on any atom is -0.393 e. The van der Waals surface area contributed by atoms with Gasteiger partial charge in [0.15, 0.2) is 0 Å². The number of hydrogen-bond donors (Lipinski definition) is 3. The van der Waals surface area contributed by atoms with Crippen molar-refractivity contribution in [2.45, 2.75) is 63.1 Å². The van der Waals surface area contributed by atoms with E-state index in [1.165, 1.54) is 18.4 Å². The molecule has 3 heterocycles. The Kier molecular flexibility index (Phi) is 4.79. The first-order chi connectivity index (χ1) is 14.5. The Hall–Kier alpha value is -2.77. The lowest BCUT2D eigenvalue weighted by Gasteiger charge is -2.32. The topological polar surface area (TPSA) is 96.1 Å². The summed E-state index contributed by atoms with van der Waals surface area (Å²) in [7, 11) is 0. The monoisotopic (exact) mass is 405 g/mol. The maximum absolute atomic E-state index is 11.0. The summed E-state index contributed by atoms with van der Waals surface area (Å²) >= 11 is 0. The van der Waals surface area contributed by atoms with E-state index < -0.39 is 5.60 Å². The fourth-order valence-electron chi connectivity index (χ4n) is 4.19. The number of hydrogen-bond acceptors (Lipinski definition) is 6. The zero-order valence-corrected chi connectivity index (χ0v) is 17.1. The van der Waals surface area contributed by atoms with E-state index in [9.17, 15) is 10.2 Å². The van der Waals surface area contributed by atoms with Gasteiger partial charge in [-0.05, 0) is 86.8 Å². The molecule has 0 atom stereocenters. The van der Waals surface area contributed by atoms with E-state index in [2.05, 4.69) is 27.4 Å². The van der Waals surface area contributed by atoms with Crippen molar-refractivity contribution in [3.05, 3.63) is 59.8 Å². The van der Waals surface area contributed by atoms with Crippen LogP contribution in [0.5, 0.6) is 0 Å². The highest BCUT2D eigenvalue weighted by atomic mass is 16.3. The molecule has 0 aromatic carbocycles. The third-order valence-electron chi connectivity index (χ3n) is 6.15. The van der Waals surface area contributed by atoms with Gasteiger partial charge in [0.25, 0.3) is 0 Å². The summed E-state index contributed by atoms with van der Waals surface area (Å²) in [5.41, 5.74) is 2.04. The molecule has 0 saturated heterocycles. The van der Waals surface area contributed by atoms with Crippen molar-refractivity contribution in [1.29, 1.82) is 0 Å². The van der Waals surface area contributed by atoms with Gasteiger partial charge < -0.3 is 15.5 Å². The Balaban J connectivity index is 1.39. The maximum Gasteiger partial charge on any atom is 0.140 e. The third kappa shape index (κ3) is 3.95. The van der Waals surface area contributed by atoms with Crippen LogP contribution in [0.15, 0.2) is 43.0 Å². The van der Waals surface area contributed by atoms with Crippen LogP contribution in [0.2, 0.25) is 0 Å². The van der Waals surface area contributed by atoms with Crippen LogP contribution in [-0.4, -0.2) is 35.8 Å². The van der Waals surface area contributed by atoms with Crippen LogP contribution in [0.4, 0.5) is 11.6 Å². The summed E-state index contributed by atoms with van der Waals surface area (Å²) in [5.74, 6) is 2.92. The molecule has 7 nitrogen and oxygen atoms in total. The number of nitrogens with zero attached hydrogens (tertiary/aromatic N) is 4. The number of aryl methyl sites for hydroxylation is 1. The molecule has 3 aromatic heterocycles. The molecular weight excluding hydrogens is 378 g/mol. The highest BCUT2D eigenvalue weighted by Crippen LogP contribution is 2.40. The van der Waals surface area contributed by atoms with Crippen molar-refractivity contribution < 1.29 is 10.2 Å². The smallest absolute Gasteiger partial charge is 0.140 e. The van der Waals surface area contributed by atoms with Crippen molar-refractivity contribution in [2.75, 3.05) is 5.32 Å². The van der Waals surface area contributed by atoms with E-state index in [1.807, 2.05) is 36.0 Å². The second-order valence-corrected chi connectivity index (χ2v) is 8.69. The molecule has 2 aliphatic rings. The quantitative estimate of drug-likeness (QED) is 0.599. The van der Waals surface area contributed by atoms with Crippen molar-refractivity contribution in [1.82, 2.24) is 19.5 Å². The van der Waals surface area contributed by atoms with Crippen molar-refractivity contribution >= 4 is 11.6 Å². The zero-order chi connectivity index (χ0) is 20.7. The number of pyridine rings is 2. The SMILES string of the molecule is Cc1cc(Nc2cc(C3CC3)ccn2)nc(-n2cnc(C3(O)CCC(O)CC3)c2)c1. The van der Waals surface area contributed by atoms with Crippen LogP contribution in [0.25, 0.3) is 5.82 Å². The first kappa shape index (κ1) is 19.2. The Labute approximate surface area is 175 Å². The van der Waals surface area contributed by atoms with Gasteiger partial charge >= 0.3 is 0 Å². The molecule has 0 amide bonds. The largest absolute Gasteiger partial charge is 0.393 e. The number of aromatic nitrogens is 4. The van der Waals surface area contributed by atoms with Gasteiger partial charge in [-0.1, -0.05) is 0 Å². The van der Waals surface area contributed by atoms with Crippen LogP contribution in [0.3, 0.4) is 0 Å². The molecule has 7 heteroatoms. The van der Waals surface area contributed by atoms with Gasteiger partial charge in [0.05, 0.1) is 11.8 Å². The normalized spacial score (nSPS) is 24.0. The lowest BCUT2D eigenvalue weighted by Crippen LogP contribution is -2.33. The minimum atomic E-state index is -0.984. The second kappa shape index (κ2) is 7.49. The van der Waals surface area contributed by atoms with Crippen LogP contribution in [0, 0.1) is 6.92 Å². The van der Waals surface area contributed by atoms with Gasteiger partial charge in [0, 0.05) is 12.4 Å². The van der Waals surface area contributed by atoms with E-state index >= 15 is 0 Å². The molecule has 3 N–H and O–H groups in total. The molecule has 2 aliphatic carbocycles. The number of aliphatic hydroxyl groups is 2. The zero-order valence-electron chi connectivity index (χ0n) is 17.1. The van der Waals surface area contributed by atoms with Crippen LogP contribution in [-0.2, 0) is 5.60 Å². The summed E-state index contributed by atoms with van der Waals surface area (Å²) in [5, 5.41) is 24.0. The molecular formula is C23H27N5O2. The molecule has 0 unspecified atom stereocenters. The van der Waals surface area contributed by atoms with E-state index in [1.54, 1.807) is 6.33 Å². The van der Waals surface area contributed by atoms with E-state index in [-0.39, 0.29) is 6.10 Å².